The van der Waals surface area contributed by atoms with Crippen molar-refractivity contribution in [1.82, 2.24) is 0 Å². The zero-order valence-corrected chi connectivity index (χ0v) is 19.2. The zero-order chi connectivity index (χ0) is 22.7. The van der Waals surface area contributed by atoms with Crippen LogP contribution >= 0.6 is 0 Å². The lowest BCUT2D eigenvalue weighted by Crippen LogP contribution is -2.14. The summed E-state index contributed by atoms with van der Waals surface area (Å²) in [5, 5.41) is 2.97. The third-order valence-corrected chi connectivity index (χ3v) is 6.25. The molecule has 3 aromatic rings. The summed E-state index contributed by atoms with van der Waals surface area (Å²) in [6.45, 7) is 1.27. The van der Waals surface area contributed by atoms with Gasteiger partial charge in [-0.25, -0.2) is 0 Å². The van der Waals surface area contributed by atoms with Crippen LogP contribution in [0.25, 0.3) is 0 Å². The third kappa shape index (κ3) is 7.11. The molecular formula is C29H33NO3. The largest absolute Gasteiger partial charge is 0.494 e. The molecule has 1 aliphatic rings. The highest BCUT2D eigenvalue weighted by molar-refractivity contribution is 6.06. The van der Waals surface area contributed by atoms with E-state index in [2.05, 4.69) is 17.4 Å². The average Bonchev–Trinajstić information content (AvgIpc) is 2.87. The Bertz CT molecular complexity index is 995. The predicted octanol–water partition coefficient (Wildman–Crippen LogP) is 6.91. The zero-order valence-electron chi connectivity index (χ0n) is 19.2. The van der Waals surface area contributed by atoms with Crippen LogP contribution < -0.4 is 14.8 Å². The van der Waals surface area contributed by atoms with Gasteiger partial charge in [0.25, 0.3) is 5.91 Å². The molecule has 172 valence electrons. The molecule has 1 fully saturated rings. The highest BCUT2D eigenvalue weighted by Gasteiger charge is 2.14. The number of amides is 1. The number of hydrogen-bond donors (Lipinski definition) is 1. The number of rotatable bonds is 10. The van der Waals surface area contributed by atoms with Crippen LogP contribution in [0.1, 0.15) is 54.4 Å². The van der Waals surface area contributed by atoms with Crippen molar-refractivity contribution in [2.45, 2.75) is 44.9 Å². The first-order chi connectivity index (χ1) is 16.3. The molecular weight excluding hydrogens is 410 g/mol. The smallest absolute Gasteiger partial charge is 0.259 e. The fraction of sp³-hybridized carbons (Fsp3) is 0.345. The molecule has 0 unspecified atom stereocenters. The maximum absolute atomic E-state index is 12.9. The van der Waals surface area contributed by atoms with Gasteiger partial charge >= 0.3 is 0 Å². The first-order valence-electron chi connectivity index (χ1n) is 12.1. The highest BCUT2D eigenvalue weighted by Crippen LogP contribution is 2.27. The second kappa shape index (κ2) is 12.1. The molecule has 0 saturated heterocycles. The highest BCUT2D eigenvalue weighted by atomic mass is 16.5. The molecule has 1 aliphatic carbocycles. The standard InChI is InChI=1S/C29H33NO3/c31-29(27-13-7-8-14-28(27)33-22-20-24-11-5-2-6-12-24)30-25-15-17-26(18-16-25)32-21-19-23-9-3-1-4-10-23/h2,5-8,11-18,23H,1,3-4,9-10,19-22H2,(H,30,31). The number of anilines is 1. The van der Waals surface area contributed by atoms with Crippen LogP contribution in [0.2, 0.25) is 0 Å². The normalized spacial score (nSPS) is 13.9. The fourth-order valence-corrected chi connectivity index (χ4v) is 4.36. The van der Waals surface area contributed by atoms with Crippen LogP contribution in [0.15, 0.2) is 78.9 Å². The van der Waals surface area contributed by atoms with Crippen LogP contribution in [-0.2, 0) is 6.42 Å². The van der Waals surface area contributed by atoms with Crippen LogP contribution in [-0.4, -0.2) is 19.1 Å². The number of carbonyl (C=O) groups excluding carboxylic acids is 1. The first-order valence-corrected chi connectivity index (χ1v) is 12.1. The van der Waals surface area contributed by atoms with Gasteiger partial charge < -0.3 is 14.8 Å². The number of nitrogens with one attached hydrogen (secondary N) is 1. The van der Waals surface area contributed by atoms with E-state index in [-0.39, 0.29) is 5.91 Å². The molecule has 1 N–H and O–H groups in total. The lowest BCUT2D eigenvalue weighted by molar-refractivity contribution is 0.102. The molecule has 3 aromatic carbocycles. The van der Waals surface area contributed by atoms with Gasteiger partial charge in [-0.15, -0.1) is 0 Å². The van der Waals surface area contributed by atoms with E-state index >= 15 is 0 Å². The fourth-order valence-electron chi connectivity index (χ4n) is 4.36. The average molecular weight is 444 g/mol. The summed E-state index contributed by atoms with van der Waals surface area (Å²) in [5.41, 5.74) is 2.47. The summed E-state index contributed by atoms with van der Waals surface area (Å²) in [6, 6.07) is 25.1. The monoisotopic (exact) mass is 443 g/mol. The van der Waals surface area contributed by atoms with Gasteiger partial charge in [0.15, 0.2) is 0 Å². The van der Waals surface area contributed by atoms with Gasteiger partial charge in [-0.1, -0.05) is 74.6 Å². The Kier molecular flexibility index (Phi) is 8.40. The maximum atomic E-state index is 12.9. The number of para-hydroxylation sites is 1. The number of carbonyl (C=O) groups is 1. The second-order valence-electron chi connectivity index (χ2n) is 8.70. The van der Waals surface area contributed by atoms with E-state index in [1.165, 1.54) is 37.7 Å². The minimum absolute atomic E-state index is 0.184. The predicted molar refractivity (Wildman–Crippen MR) is 133 cm³/mol. The van der Waals surface area contributed by atoms with E-state index in [9.17, 15) is 4.79 Å². The van der Waals surface area contributed by atoms with E-state index in [1.807, 2.05) is 60.7 Å². The van der Waals surface area contributed by atoms with E-state index in [0.29, 0.717) is 17.9 Å². The van der Waals surface area contributed by atoms with Crippen molar-refractivity contribution in [3.05, 3.63) is 90.0 Å². The summed E-state index contributed by atoms with van der Waals surface area (Å²) in [5.74, 6) is 2.06. The van der Waals surface area contributed by atoms with E-state index in [0.717, 1.165) is 36.8 Å². The van der Waals surface area contributed by atoms with Gasteiger partial charge in [0.1, 0.15) is 11.5 Å². The molecule has 33 heavy (non-hydrogen) atoms. The van der Waals surface area contributed by atoms with Gasteiger partial charge in [0, 0.05) is 12.1 Å². The molecule has 0 bridgehead atoms. The summed E-state index contributed by atoms with van der Waals surface area (Å²) < 4.78 is 11.9. The maximum Gasteiger partial charge on any atom is 0.259 e. The minimum Gasteiger partial charge on any atom is -0.494 e. The lowest BCUT2D eigenvalue weighted by atomic mass is 9.87. The van der Waals surface area contributed by atoms with E-state index < -0.39 is 0 Å². The lowest BCUT2D eigenvalue weighted by Gasteiger charge is -2.21. The molecule has 0 atom stereocenters. The number of hydrogen-bond acceptors (Lipinski definition) is 3. The quantitative estimate of drug-likeness (QED) is 0.370. The van der Waals surface area contributed by atoms with Crippen molar-refractivity contribution in [1.29, 1.82) is 0 Å². The second-order valence-corrected chi connectivity index (χ2v) is 8.70. The molecule has 1 saturated carbocycles. The third-order valence-electron chi connectivity index (χ3n) is 6.25. The van der Waals surface area contributed by atoms with Crippen molar-refractivity contribution in [3.8, 4) is 11.5 Å². The van der Waals surface area contributed by atoms with Gasteiger partial charge in [0.2, 0.25) is 0 Å². The Hall–Kier alpha value is -3.27. The van der Waals surface area contributed by atoms with Crippen LogP contribution in [0.5, 0.6) is 11.5 Å². The van der Waals surface area contributed by atoms with Gasteiger partial charge in [0.05, 0.1) is 18.8 Å². The first kappa shape index (κ1) is 22.9. The number of benzene rings is 3. The van der Waals surface area contributed by atoms with Crippen molar-refractivity contribution in [3.63, 3.8) is 0 Å². The molecule has 4 nitrogen and oxygen atoms in total. The SMILES string of the molecule is O=C(Nc1ccc(OCCC2CCCCC2)cc1)c1ccccc1OCCc1ccccc1. The summed E-state index contributed by atoms with van der Waals surface area (Å²) in [6.07, 6.45) is 8.70. The van der Waals surface area contributed by atoms with Crippen molar-refractivity contribution in [2.75, 3.05) is 18.5 Å². The van der Waals surface area contributed by atoms with Crippen molar-refractivity contribution >= 4 is 11.6 Å². The molecule has 4 rings (SSSR count). The topological polar surface area (TPSA) is 47.6 Å². The van der Waals surface area contributed by atoms with Gasteiger partial charge in [-0.2, -0.15) is 0 Å². The molecule has 4 heteroatoms. The molecule has 0 aromatic heterocycles. The Morgan fingerprint density at radius 1 is 0.788 bits per heavy atom. The Morgan fingerprint density at radius 3 is 2.30 bits per heavy atom. The van der Waals surface area contributed by atoms with Gasteiger partial charge in [-0.05, 0) is 54.3 Å². The van der Waals surface area contributed by atoms with Crippen molar-refractivity contribution < 1.29 is 14.3 Å². The van der Waals surface area contributed by atoms with E-state index in [1.54, 1.807) is 6.07 Å². The molecule has 0 spiro atoms. The van der Waals surface area contributed by atoms with Gasteiger partial charge in [-0.3, -0.25) is 4.79 Å². The van der Waals surface area contributed by atoms with Crippen LogP contribution in [0.4, 0.5) is 5.69 Å². The summed E-state index contributed by atoms with van der Waals surface area (Å²) >= 11 is 0. The Morgan fingerprint density at radius 2 is 1.52 bits per heavy atom. The molecule has 1 amide bonds. The van der Waals surface area contributed by atoms with Crippen LogP contribution in [0.3, 0.4) is 0 Å². The Balaban J connectivity index is 1.27. The molecule has 0 aliphatic heterocycles. The summed E-state index contributed by atoms with van der Waals surface area (Å²) in [4.78, 5) is 12.9. The summed E-state index contributed by atoms with van der Waals surface area (Å²) in [7, 11) is 0. The minimum atomic E-state index is -0.184. The molecule has 0 heterocycles. The van der Waals surface area contributed by atoms with Crippen molar-refractivity contribution in [2.24, 2.45) is 5.92 Å². The van der Waals surface area contributed by atoms with E-state index in [4.69, 9.17) is 9.47 Å². The number of ether oxygens (including phenoxy) is 2. The molecule has 0 radical (unpaired) electrons. The Labute approximate surface area is 196 Å². The van der Waals surface area contributed by atoms with Crippen LogP contribution in [0, 0.1) is 5.92 Å².